The van der Waals surface area contributed by atoms with Crippen LogP contribution in [0.2, 0.25) is 0 Å². The molecule has 17 heavy (non-hydrogen) atoms. The fraction of sp³-hybridized carbons (Fsp3) is 0.769. The predicted octanol–water partition coefficient (Wildman–Crippen LogP) is 1.48. The summed E-state index contributed by atoms with van der Waals surface area (Å²) in [6.07, 6.45) is 8.07. The molecule has 0 atom stereocenters. The molecule has 1 aliphatic heterocycles. The van der Waals surface area contributed by atoms with E-state index in [2.05, 4.69) is 26.7 Å². The fourth-order valence-electron chi connectivity index (χ4n) is 2.38. The average molecular weight is 236 g/mol. The highest BCUT2D eigenvalue weighted by molar-refractivity contribution is 4.97. The number of hydrogen-bond donors (Lipinski definition) is 1. The van der Waals surface area contributed by atoms with Crippen LogP contribution in [0.4, 0.5) is 0 Å². The number of imidazole rings is 1. The van der Waals surface area contributed by atoms with E-state index in [1.54, 1.807) is 0 Å². The normalized spacial score (nSPS) is 17.5. The number of hydrogen-bond acceptors (Lipinski definition) is 3. The maximum Gasteiger partial charge on any atom is 0.0949 e. The standard InChI is InChI=1S/C13H24N4/c1-2-14-10-13-11-15-12-17(13)9-8-16-6-4-3-5-7-16/h11-12,14H,2-10H2,1H3. The van der Waals surface area contributed by atoms with Crippen molar-refractivity contribution in [1.82, 2.24) is 19.8 Å². The van der Waals surface area contributed by atoms with Crippen molar-refractivity contribution in [1.29, 1.82) is 0 Å². The molecule has 2 heterocycles. The van der Waals surface area contributed by atoms with Gasteiger partial charge in [-0.25, -0.2) is 4.98 Å². The van der Waals surface area contributed by atoms with Gasteiger partial charge in [-0.3, -0.25) is 0 Å². The van der Waals surface area contributed by atoms with E-state index in [1.807, 2.05) is 12.5 Å². The monoisotopic (exact) mass is 236 g/mol. The number of rotatable bonds is 6. The van der Waals surface area contributed by atoms with Crippen molar-refractivity contribution in [2.75, 3.05) is 26.2 Å². The summed E-state index contributed by atoms with van der Waals surface area (Å²) in [7, 11) is 0. The minimum Gasteiger partial charge on any atom is -0.332 e. The Hall–Kier alpha value is -0.870. The minimum atomic E-state index is 0.927. The zero-order valence-electron chi connectivity index (χ0n) is 10.9. The highest BCUT2D eigenvalue weighted by atomic mass is 15.2. The van der Waals surface area contributed by atoms with E-state index >= 15 is 0 Å². The van der Waals surface area contributed by atoms with Crippen molar-refractivity contribution in [2.24, 2.45) is 0 Å². The topological polar surface area (TPSA) is 33.1 Å². The van der Waals surface area contributed by atoms with E-state index < -0.39 is 0 Å². The van der Waals surface area contributed by atoms with Crippen molar-refractivity contribution in [3.63, 3.8) is 0 Å². The van der Waals surface area contributed by atoms with Crippen LogP contribution in [0.5, 0.6) is 0 Å². The lowest BCUT2D eigenvalue weighted by Crippen LogP contribution is -2.32. The molecule has 0 amide bonds. The van der Waals surface area contributed by atoms with Crippen LogP contribution in [0, 0.1) is 0 Å². The molecule has 4 heteroatoms. The largest absolute Gasteiger partial charge is 0.332 e. The van der Waals surface area contributed by atoms with Crippen LogP contribution >= 0.6 is 0 Å². The lowest BCUT2D eigenvalue weighted by molar-refractivity contribution is 0.220. The molecule has 4 nitrogen and oxygen atoms in total. The molecule has 1 aromatic rings. The molecular formula is C13H24N4. The third-order valence-electron chi connectivity index (χ3n) is 3.46. The molecular weight excluding hydrogens is 212 g/mol. The quantitative estimate of drug-likeness (QED) is 0.812. The Morgan fingerprint density at radius 3 is 2.82 bits per heavy atom. The summed E-state index contributed by atoms with van der Waals surface area (Å²) >= 11 is 0. The Balaban J connectivity index is 1.79. The Labute approximate surface area is 104 Å². The highest BCUT2D eigenvalue weighted by Gasteiger charge is 2.10. The maximum atomic E-state index is 4.24. The molecule has 0 bridgehead atoms. The van der Waals surface area contributed by atoms with E-state index in [4.69, 9.17) is 0 Å². The van der Waals surface area contributed by atoms with E-state index in [0.29, 0.717) is 0 Å². The van der Waals surface area contributed by atoms with Crippen molar-refractivity contribution in [3.8, 4) is 0 Å². The summed E-state index contributed by atoms with van der Waals surface area (Å²) in [5.74, 6) is 0. The van der Waals surface area contributed by atoms with Crippen LogP contribution in [0.1, 0.15) is 31.9 Å². The van der Waals surface area contributed by atoms with Gasteiger partial charge in [0.05, 0.1) is 12.0 Å². The smallest absolute Gasteiger partial charge is 0.0949 e. The van der Waals surface area contributed by atoms with Gasteiger partial charge in [0.1, 0.15) is 0 Å². The first kappa shape index (κ1) is 12.6. The second kappa shape index (κ2) is 6.77. The van der Waals surface area contributed by atoms with Crippen LogP contribution in [0.25, 0.3) is 0 Å². The molecule has 1 aliphatic rings. The van der Waals surface area contributed by atoms with E-state index in [1.165, 1.54) is 38.0 Å². The van der Waals surface area contributed by atoms with Gasteiger partial charge in [0.25, 0.3) is 0 Å². The van der Waals surface area contributed by atoms with Gasteiger partial charge in [-0.1, -0.05) is 13.3 Å². The van der Waals surface area contributed by atoms with Gasteiger partial charge in [-0.15, -0.1) is 0 Å². The van der Waals surface area contributed by atoms with E-state index in [0.717, 1.165) is 26.2 Å². The summed E-state index contributed by atoms with van der Waals surface area (Å²) < 4.78 is 2.28. The van der Waals surface area contributed by atoms with Crippen LogP contribution in [0.15, 0.2) is 12.5 Å². The number of piperidine rings is 1. The number of nitrogens with zero attached hydrogens (tertiary/aromatic N) is 3. The zero-order chi connectivity index (χ0) is 11.9. The molecule has 0 spiro atoms. The van der Waals surface area contributed by atoms with Crippen molar-refractivity contribution in [3.05, 3.63) is 18.2 Å². The van der Waals surface area contributed by atoms with E-state index in [9.17, 15) is 0 Å². The second-order valence-corrected chi connectivity index (χ2v) is 4.76. The Morgan fingerprint density at radius 1 is 1.24 bits per heavy atom. The molecule has 1 saturated heterocycles. The fourth-order valence-corrected chi connectivity index (χ4v) is 2.38. The molecule has 96 valence electrons. The molecule has 2 rings (SSSR count). The Morgan fingerprint density at radius 2 is 2.06 bits per heavy atom. The van der Waals surface area contributed by atoms with Gasteiger partial charge in [0, 0.05) is 25.8 Å². The lowest BCUT2D eigenvalue weighted by Gasteiger charge is -2.26. The molecule has 0 aromatic carbocycles. The second-order valence-electron chi connectivity index (χ2n) is 4.76. The van der Waals surface area contributed by atoms with Gasteiger partial charge >= 0.3 is 0 Å². The first-order chi connectivity index (χ1) is 8.40. The molecule has 0 aliphatic carbocycles. The third-order valence-corrected chi connectivity index (χ3v) is 3.46. The zero-order valence-corrected chi connectivity index (χ0v) is 10.9. The van der Waals surface area contributed by atoms with Crippen LogP contribution in [-0.2, 0) is 13.1 Å². The summed E-state index contributed by atoms with van der Waals surface area (Å²) in [4.78, 5) is 6.81. The Bertz CT molecular complexity index is 315. The first-order valence-electron chi connectivity index (χ1n) is 6.82. The molecule has 1 aromatic heterocycles. The van der Waals surface area contributed by atoms with Crippen molar-refractivity contribution in [2.45, 2.75) is 39.3 Å². The lowest BCUT2D eigenvalue weighted by atomic mass is 10.1. The van der Waals surface area contributed by atoms with Gasteiger partial charge in [0.15, 0.2) is 0 Å². The van der Waals surface area contributed by atoms with Gasteiger partial charge < -0.3 is 14.8 Å². The minimum absolute atomic E-state index is 0.927. The molecule has 0 radical (unpaired) electrons. The van der Waals surface area contributed by atoms with Gasteiger partial charge in [-0.2, -0.15) is 0 Å². The van der Waals surface area contributed by atoms with Crippen molar-refractivity contribution < 1.29 is 0 Å². The summed E-state index contributed by atoms with van der Waals surface area (Å²) in [6.45, 7) is 8.85. The molecule has 1 fully saturated rings. The molecule has 0 unspecified atom stereocenters. The summed E-state index contributed by atoms with van der Waals surface area (Å²) in [5.41, 5.74) is 1.30. The Kier molecular flexibility index (Phi) is 5.01. The highest BCUT2D eigenvalue weighted by Crippen LogP contribution is 2.09. The SMILES string of the molecule is CCNCc1cncn1CCN1CCCCC1. The molecule has 0 saturated carbocycles. The third kappa shape index (κ3) is 3.82. The van der Waals surface area contributed by atoms with E-state index in [-0.39, 0.29) is 0 Å². The number of likely N-dealkylation sites (tertiary alicyclic amines) is 1. The number of nitrogens with one attached hydrogen (secondary N) is 1. The van der Waals surface area contributed by atoms with Gasteiger partial charge in [0.2, 0.25) is 0 Å². The summed E-state index contributed by atoms with van der Waals surface area (Å²) in [5, 5.41) is 3.35. The van der Waals surface area contributed by atoms with Gasteiger partial charge in [-0.05, 0) is 32.5 Å². The predicted molar refractivity (Wildman–Crippen MR) is 69.9 cm³/mol. The maximum absolute atomic E-state index is 4.24. The van der Waals surface area contributed by atoms with Crippen molar-refractivity contribution >= 4 is 0 Å². The van der Waals surface area contributed by atoms with Crippen LogP contribution in [0.3, 0.4) is 0 Å². The summed E-state index contributed by atoms with van der Waals surface area (Å²) in [6, 6.07) is 0. The van der Waals surface area contributed by atoms with Crippen LogP contribution in [-0.4, -0.2) is 40.6 Å². The number of aromatic nitrogens is 2. The first-order valence-corrected chi connectivity index (χ1v) is 6.82. The molecule has 1 N–H and O–H groups in total. The average Bonchev–Trinajstić information content (AvgIpc) is 2.82. The van der Waals surface area contributed by atoms with Crippen LogP contribution < -0.4 is 5.32 Å².